The Bertz CT molecular complexity index is 360. The Labute approximate surface area is 89.8 Å². The molecule has 0 radical (unpaired) electrons. The standard InChI is InChI=1S/C12H14N2O/c1-10(14)2-3-11-4-6-12(7-5-11)15-9-8-13/h2-7,10H,9,14H2,1H3/b3-2+. The first-order valence-electron chi connectivity index (χ1n) is 4.76. The second kappa shape index (κ2) is 5.84. The highest BCUT2D eigenvalue weighted by Crippen LogP contribution is 2.12. The first kappa shape index (κ1) is 11.3. The SMILES string of the molecule is CC(N)/C=C/c1ccc(OCC#N)cc1. The Morgan fingerprint density at radius 3 is 2.67 bits per heavy atom. The number of benzene rings is 1. The van der Waals surface area contributed by atoms with Crippen LogP contribution in [-0.2, 0) is 0 Å². The lowest BCUT2D eigenvalue weighted by atomic mass is 10.2. The number of hydrogen-bond donors (Lipinski definition) is 1. The number of nitrogens with zero attached hydrogens (tertiary/aromatic N) is 1. The van der Waals surface area contributed by atoms with Crippen LogP contribution >= 0.6 is 0 Å². The fraction of sp³-hybridized carbons (Fsp3) is 0.250. The molecule has 1 aromatic rings. The summed E-state index contributed by atoms with van der Waals surface area (Å²) in [5, 5.41) is 8.33. The highest BCUT2D eigenvalue weighted by Gasteiger charge is 1.92. The number of hydrogen-bond acceptors (Lipinski definition) is 3. The fourth-order valence-corrected chi connectivity index (χ4v) is 1.05. The van der Waals surface area contributed by atoms with Crippen molar-refractivity contribution in [2.45, 2.75) is 13.0 Å². The lowest BCUT2D eigenvalue weighted by Gasteiger charge is -2.01. The second-order valence-electron chi connectivity index (χ2n) is 3.23. The number of nitriles is 1. The van der Waals surface area contributed by atoms with Crippen molar-refractivity contribution >= 4 is 6.08 Å². The van der Waals surface area contributed by atoms with E-state index in [2.05, 4.69) is 0 Å². The summed E-state index contributed by atoms with van der Waals surface area (Å²) < 4.78 is 5.13. The average Bonchev–Trinajstić information content (AvgIpc) is 2.25. The number of ether oxygens (including phenoxy) is 1. The third-order valence-electron chi connectivity index (χ3n) is 1.78. The minimum absolute atomic E-state index is 0.0551. The summed E-state index contributed by atoms with van der Waals surface area (Å²) in [4.78, 5) is 0. The molecule has 15 heavy (non-hydrogen) atoms. The fourth-order valence-electron chi connectivity index (χ4n) is 1.05. The van der Waals surface area contributed by atoms with Gasteiger partial charge in [-0.15, -0.1) is 0 Å². The molecule has 0 saturated heterocycles. The van der Waals surface area contributed by atoms with E-state index in [1.54, 1.807) is 0 Å². The molecular weight excluding hydrogens is 188 g/mol. The van der Waals surface area contributed by atoms with Crippen LogP contribution < -0.4 is 10.5 Å². The van der Waals surface area contributed by atoms with Crippen molar-refractivity contribution in [1.29, 1.82) is 5.26 Å². The zero-order chi connectivity index (χ0) is 11.1. The molecule has 0 aromatic heterocycles. The Morgan fingerprint density at radius 2 is 2.13 bits per heavy atom. The Morgan fingerprint density at radius 1 is 1.47 bits per heavy atom. The van der Waals surface area contributed by atoms with E-state index in [-0.39, 0.29) is 12.6 Å². The van der Waals surface area contributed by atoms with Gasteiger partial charge in [-0.3, -0.25) is 0 Å². The molecule has 0 amide bonds. The molecule has 0 heterocycles. The summed E-state index contributed by atoms with van der Waals surface area (Å²) in [6.07, 6.45) is 3.88. The topological polar surface area (TPSA) is 59.0 Å². The van der Waals surface area contributed by atoms with Crippen LogP contribution in [0.5, 0.6) is 5.75 Å². The average molecular weight is 202 g/mol. The van der Waals surface area contributed by atoms with Gasteiger partial charge in [0.1, 0.15) is 11.8 Å². The van der Waals surface area contributed by atoms with Gasteiger partial charge in [0.2, 0.25) is 0 Å². The first-order valence-corrected chi connectivity index (χ1v) is 4.76. The van der Waals surface area contributed by atoms with Crippen molar-refractivity contribution in [2.75, 3.05) is 6.61 Å². The highest BCUT2D eigenvalue weighted by atomic mass is 16.5. The maximum Gasteiger partial charge on any atom is 0.174 e. The summed E-state index contributed by atoms with van der Waals surface area (Å²) in [5.41, 5.74) is 6.65. The van der Waals surface area contributed by atoms with Gasteiger partial charge in [0.05, 0.1) is 0 Å². The predicted octanol–water partition coefficient (Wildman–Crippen LogP) is 1.95. The second-order valence-corrected chi connectivity index (χ2v) is 3.23. The molecule has 3 heteroatoms. The van der Waals surface area contributed by atoms with Crippen LogP contribution in [0.15, 0.2) is 30.3 Å². The van der Waals surface area contributed by atoms with E-state index in [0.29, 0.717) is 5.75 Å². The molecule has 1 unspecified atom stereocenters. The Hall–Kier alpha value is -1.79. The zero-order valence-corrected chi connectivity index (χ0v) is 8.68. The van der Waals surface area contributed by atoms with E-state index >= 15 is 0 Å². The zero-order valence-electron chi connectivity index (χ0n) is 8.68. The minimum atomic E-state index is 0.0551. The van der Waals surface area contributed by atoms with Crippen molar-refractivity contribution in [2.24, 2.45) is 5.73 Å². The van der Waals surface area contributed by atoms with Crippen molar-refractivity contribution in [3.8, 4) is 11.8 Å². The molecule has 1 aromatic carbocycles. The quantitative estimate of drug-likeness (QED) is 0.811. The molecular formula is C12H14N2O. The smallest absolute Gasteiger partial charge is 0.174 e. The largest absolute Gasteiger partial charge is 0.479 e. The third-order valence-corrected chi connectivity index (χ3v) is 1.78. The van der Waals surface area contributed by atoms with Crippen molar-refractivity contribution in [1.82, 2.24) is 0 Å². The van der Waals surface area contributed by atoms with Crippen LogP contribution in [0, 0.1) is 11.3 Å². The maximum absolute atomic E-state index is 8.33. The van der Waals surface area contributed by atoms with Crippen molar-refractivity contribution in [3.05, 3.63) is 35.9 Å². The molecule has 78 valence electrons. The molecule has 0 aliphatic rings. The molecule has 2 N–H and O–H groups in total. The Balaban J connectivity index is 2.61. The van der Waals surface area contributed by atoms with Gasteiger partial charge in [-0.25, -0.2) is 0 Å². The summed E-state index contributed by atoms with van der Waals surface area (Å²) in [7, 11) is 0. The van der Waals surface area contributed by atoms with Gasteiger partial charge in [-0.05, 0) is 24.6 Å². The van der Waals surface area contributed by atoms with Crippen molar-refractivity contribution in [3.63, 3.8) is 0 Å². The van der Waals surface area contributed by atoms with Crippen LogP contribution in [0.2, 0.25) is 0 Å². The highest BCUT2D eigenvalue weighted by molar-refractivity contribution is 5.51. The van der Waals surface area contributed by atoms with Gasteiger partial charge in [-0.1, -0.05) is 24.3 Å². The summed E-state index contributed by atoms with van der Waals surface area (Å²) in [6.45, 7) is 2.00. The molecule has 0 spiro atoms. The van der Waals surface area contributed by atoms with Crippen LogP contribution in [0.3, 0.4) is 0 Å². The minimum Gasteiger partial charge on any atom is -0.479 e. The van der Waals surface area contributed by atoms with E-state index in [4.69, 9.17) is 15.7 Å². The van der Waals surface area contributed by atoms with Gasteiger partial charge < -0.3 is 10.5 Å². The van der Waals surface area contributed by atoms with Gasteiger partial charge in [0.25, 0.3) is 0 Å². The van der Waals surface area contributed by atoms with Gasteiger partial charge in [-0.2, -0.15) is 5.26 Å². The van der Waals surface area contributed by atoms with E-state index in [1.165, 1.54) is 0 Å². The monoisotopic (exact) mass is 202 g/mol. The summed E-state index contributed by atoms with van der Waals surface area (Å²) in [5.74, 6) is 0.703. The Kier molecular flexibility index (Phi) is 4.39. The predicted molar refractivity (Wildman–Crippen MR) is 60.2 cm³/mol. The third kappa shape index (κ3) is 4.30. The maximum atomic E-state index is 8.33. The molecule has 3 nitrogen and oxygen atoms in total. The number of nitrogens with two attached hydrogens (primary N) is 1. The summed E-state index contributed by atoms with van der Waals surface area (Å²) >= 11 is 0. The molecule has 0 saturated carbocycles. The molecule has 0 aliphatic carbocycles. The van der Waals surface area contributed by atoms with Crippen LogP contribution in [0.1, 0.15) is 12.5 Å². The van der Waals surface area contributed by atoms with Crippen molar-refractivity contribution < 1.29 is 4.74 Å². The lowest BCUT2D eigenvalue weighted by molar-refractivity contribution is 0.368. The first-order chi connectivity index (χ1) is 7.22. The van der Waals surface area contributed by atoms with Gasteiger partial charge in [0.15, 0.2) is 6.61 Å². The van der Waals surface area contributed by atoms with Gasteiger partial charge in [0, 0.05) is 6.04 Å². The molecule has 1 atom stereocenters. The lowest BCUT2D eigenvalue weighted by Crippen LogP contribution is -2.09. The van der Waals surface area contributed by atoms with E-state index in [0.717, 1.165) is 5.56 Å². The van der Waals surface area contributed by atoms with Gasteiger partial charge >= 0.3 is 0 Å². The number of rotatable bonds is 4. The molecule has 0 fully saturated rings. The molecule has 1 rings (SSSR count). The normalized spacial score (nSPS) is 12.3. The summed E-state index contributed by atoms with van der Waals surface area (Å²) in [6, 6.07) is 9.48. The van der Waals surface area contributed by atoms with E-state index < -0.39 is 0 Å². The van der Waals surface area contributed by atoms with Crippen LogP contribution in [0.4, 0.5) is 0 Å². The molecule has 0 bridgehead atoms. The van der Waals surface area contributed by atoms with E-state index in [1.807, 2.05) is 49.4 Å². The van der Waals surface area contributed by atoms with Crippen LogP contribution in [0.25, 0.3) is 6.08 Å². The van der Waals surface area contributed by atoms with Crippen LogP contribution in [-0.4, -0.2) is 12.6 Å². The van der Waals surface area contributed by atoms with E-state index in [9.17, 15) is 0 Å². The molecule has 0 aliphatic heterocycles.